The van der Waals surface area contributed by atoms with Crippen molar-refractivity contribution < 1.29 is 9.90 Å². The molecule has 1 heterocycles. The van der Waals surface area contributed by atoms with Gasteiger partial charge in [-0.3, -0.25) is 4.79 Å². The SMILES string of the molecule is NC(=S)C1(C(=O)N2CCC3(O)CCCCC3C2)CC1. The molecule has 3 aliphatic rings. The van der Waals surface area contributed by atoms with E-state index in [1.54, 1.807) is 0 Å². The van der Waals surface area contributed by atoms with E-state index in [4.69, 9.17) is 18.0 Å². The number of nitrogens with two attached hydrogens (primary N) is 1. The van der Waals surface area contributed by atoms with Crippen LogP contribution in [0, 0.1) is 11.3 Å². The van der Waals surface area contributed by atoms with E-state index < -0.39 is 11.0 Å². The van der Waals surface area contributed by atoms with Crippen LogP contribution < -0.4 is 5.73 Å². The normalized spacial score (nSPS) is 36.5. The van der Waals surface area contributed by atoms with E-state index in [0.29, 0.717) is 24.5 Å². The highest BCUT2D eigenvalue weighted by molar-refractivity contribution is 7.80. The summed E-state index contributed by atoms with van der Waals surface area (Å²) in [5, 5.41) is 10.6. The van der Waals surface area contributed by atoms with Crippen molar-refractivity contribution in [3.05, 3.63) is 0 Å². The Labute approximate surface area is 119 Å². The van der Waals surface area contributed by atoms with Gasteiger partial charge >= 0.3 is 0 Å². The van der Waals surface area contributed by atoms with Crippen LogP contribution in [-0.2, 0) is 4.79 Å². The Balaban J connectivity index is 1.71. The molecule has 106 valence electrons. The van der Waals surface area contributed by atoms with Crippen LogP contribution >= 0.6 is 12.2 Å². The third-order valence-corrected chi connectivity index (χ3v) is 5.74. The number of fused-ring (bicyclic) bond motifs is 1. The molecule has 0 spiro atoms. The second-order valence-electron chi connectivity index (χ2n) is 6.49. The molecule has 2 saturated carbocycles. The fourth-order valence-electron chi connectivity index (χ4n) is 3.75. The van der Waals surface area contributed by atoms with Crippen molar-refractivity contribution in [3.8, 4) is 0 Å². The number of likely N-dealkylation sites (tertiary alicyclic amines) is 1. The Bertz CT molecular complexity index is 422. The summed E-state index contributed by atoms with van der Waals surface area (Å²) in [7, 11) is 0. The fraction of sp³-hybridized carbons (Fsp3) is 0.857. The van der Waals surface area contributed by atoms with Gasteiger partial charge in [-0.2, -0.15) is 0 Å². The minimum atomic E-state index is -0.542. The number of rotatable bonds is 2. The molecule has 2 atom stereocenters. The van der Waals surface area contributed by atoms with Gasteiger partial charge in [0.2, 0.25) is 5.91 Å². The predicted molar refractivity (Wildman–Crippen MR) is 76.6 cm³/mol. The van der Waals surface area contributed by atoms with Gasteiger partial charge in [0, 0.05) is 19.0 Å². The molecule has 0 aromatic heterocycles. The lowest BCUT2D eigenvalue weighted by molar-refractivity contribution is -0.146. The lowest BCUT2D eigenvalue weighted by atomic mass is 9.71. The van der Waals surface area contributed by atoms with E-state index in [9.17, 15) is 9.90 Å². The molecule has 0 bridgehead atoms. The first-order chi connectivity index (χ1) is 8.98. The number of hydrogen-bond acceptors (Lipinski definition) is 3. The molecule has 0 radical (unpaired) electrons. The molecular formula is C14H22N2O2S. The smallest absolute Gasteiger partial charge is 0.235 e. The number of aliphatic hydroxyl groups is 1. The van der Waals surface area contributed by atoms with E-state index in [0.717, 1.165) is 38.5 Å². The lowest BCUT2D eigenvalue weighted by Crippen LogP contribution is -2.56. The number of thiocarbonyl (C=S) groups is 1. The first-order valence-electron chi connectivity index (χ1n) is 7.30. The van der Waals surface area contributed by atoms with Gasteiger partial charge in [0.15, 0.2) is 0 Å². The lowest BCUT2D eigenvalue weighted by Gasteiger charge is -2.48. The van der Waals surface area contributed by atoms with Gasteiger partial charge in [0.05, 0.1) is 16.0 Å². The monoisotopic (exact) mass is 282 g/mol. The van der Waals surface area contributed by atoms with Crippen molar-refractivity contribution in [3.63, 3.8) is 0 Å². The van der Waals surface area contributed by atoms with Crippen molar-refractivity contribution in [2.45, 2.75) is 50.5 Å². The van der Waals surface area contributed by atoms with Gasteiger partial charge in [-0.1, -0.05) is 25.1 Å². The van der Waals surface area contributed by atoms with E-state index in [2.05, 4.69) is 0 Å². The highest BCUT2D eigenvalue weighted by Crippen LogP contribution is 2.49. The van der Waals surface area contributed by atoms with E-state index >= 15 is 0 Å². The van der Waals surface area contributed by atoms with Crippen molar-refractivity contribution in [2.24, 2.45) is 17.1 Å². The van der Waals surface area contributed by atoms with Crippen LogP contribution in [0.1, 0.15) is 44.9 Å². The zero-order valence-corrected chi connectivity index (χ0v) is 12.0. The second-order valence-corrected chi connectivity index (χ2v) is 6.93. The number of carbonyl (C=O) groups excluding carboxylic acids is 1. The molecule has 1 saturated heterocycles. The van der Waals surface area contributed by atoms with Gasteiger partial charge in [0.25, 0.3) is 0 Å². The summed E-state index contributed by atoms with van der Waals surface area (Å²) in [6.45, 7) is 1.33. The Morgan fingerprint density at radius 2 is 2.00 bits per heavy atom. The van der Waals surface area contributed by atoms with Crippen LogP contribution in [-0.4, -0.2) is 39.6 Å². The highest BCUT2D eigenvalue weighted by atomic mass is 32.1. The molecule has 1 aliphatic heterocycles. The number of carbonyl (C=O) groups is 1. The zero-order valence-electron chi connectivity index (χ0n) is 11.2. The van der Waals surface area contributed by atoms with Gasteiger partial charge in [-0.05, 0) is 32.1 Å². The second kappa shape index (κ2) is 4.42. The Kier molecular flexibility index (Phi) is 3.09. The zero-order chi connectivity index (χ0) is 13.7. The molecule has 1 amide bonds. The van der Waals surface area contributed by atoms with Crippen LogP contribution in [0.4, 0.5) is 0 Å². The molecule has 3 rings (SSSR count). The fourth-order valence-corrected chi connectivity index (χ4v) is 4.04. The van der Waals surface area contributed by atoms with Crippen molar-refractivity contribution in [2.75, 3.05) is 13.1 Å². The Hall–Kier alpha value is -0.680. The summed E-state index contributed by atoms with van der Waals surface area (Å²) in [5.41, 5.74) is 4.66. The molecule has 4 nitrogen and oxygen atoms in total. The molecule has 19 heavy (non-hydrogen) atoms. The molecule has 3 N–H and O–H groups in total. The molecule has 0 aromatic carbocycles. The van der Waals surface area contributed by atoms with Crippen molar-refractivity contribution in [1.29, 1.82) is 0 Å². The summed E-state index contributed by atoms with van der Waals surface area (Å²) >= 11 is 5.06. The van der Waals surface area contributed by atoms with Crippen LogP contribution in [0.25, 0.3) is 0 Å². The predicted octanol–water partition coefficient (Wildman–Crippen LogP) is 1.21. The first kappa shape index (κ1) is 13.3. The summed E-state index contributed by atoms with van der Waals surface area (Å²) in [4.78, 5) is 14.8. The van der Waals surface area contributed by atoms with E-state index in [1.807, 2.05) is 4.90 Å². The van der Waals surface area contributed by atoms with Crippen LogP contribution in [0.15, 0.2) is 0 Å². The quantitative estimate of drug-likeness (QED) is 0.747. The number of nitrogens with zero attached hydrogens (tertiary/aromatic N) is 1. The van der Waals surface area contributed by atoms with Gasteiger partial charge in [-0.25, -0.2) is 0 Å². The number of piperidine rings is 1. The molecule has 5 heteroatoms. The maximum Gasteiger partial charge on any atom is 0.235 e. The Morgan fingerprint density at radius 3 is 2.63 bits per heavy atom. The van der Waals surface area contributed by atoms with E-state index in [-0.39, 0.29) is 11.8 Å². The maximum absolute atomic E-state index is 12.6. The van der Waals surface area contributed by atoms with Gasteiger partial charge in [0.1, 0.15) is 0 Å². The molecule has 2 unspecified atom stereocenters. The largest absolute Gasteiger partial charge is 0.392 e. The third-order valence-electron chi connectivity index (χ3n) is 5.35. The highest BCUT2D eigenvalue weighted by Gasteiger charge is 2.56. The van der Waals surface area contributed by atoms with Gasteiger partial charge < -0.3 is 15.7 Å². The summed E-state index contributed by atoms with van der Waals surface area (Å²) in [6, 6.07) is 0. The topological polar surface area (TPSA) is 66.6 Å². The van der Waals surface area contributed by atoms with Crippen molar-refractivity contribution in [1.82, 2.24) is 4.90 Å². The van der Waals surface area contributed by atoms with Crippen LogP contribution in [0.5, 0.6) is 0 Å². The van der Waals surface area contributed by atoms with Crippen LogP contribution in [0.3, 0.4) is 0 Å². The summed E-state index contributed by atoms with van der Waals surface area (Å²) in [5.74, 6) is 0.341. The average Bonchev–Trinajstić information content (AvgIpc) is 3.18. The average molecular weight is 282 g/mol. The number of hydrogen-bond donors (Lipinski definition) is 2. The minimum absolute atomic E-state index is 0.104. The molecular weight excluding hydrogens is 260 g/mol. The maximum atomic E-state index is 12.6. The van der Waals surface area contributed by atoms with E-state index in [1.165, 1.54) is 0 Å². The third kappa shape index (κ3) is 2.07. The standard InChI is InChI=1S/C14H22N2O2S/c15-11(19)13(5-6-13)12(17)16-8-7-14(18)4-2-1-3-10(14)9-16/h10,18H,1-9H2,(H2,15,19). The van der Waals surface area contributed by atoms with Gasteiger partial charge in [-0.15, -0.1) is 0 Å². The molecule has 0 aromatic rings. The van der Waals surface area contributed by atoms with Crippen molar-refractivity contribution >= 4 is 23.1 Å². The molecule has 2 aliphatic carbocycles. The summed E-state index contributed by atoms with van der Waals surface area (Å²) < 4.78 is 0. The number of amides is 1. The van der Waals surface area contributed by atoms with Crippen LogP contribution in [0.2, 0.25) is 0 Å². The molecule has 3 fully saturated rings. The first-order valence-corrected chi connectivity index (χ1v) is 7.70. The minimum Gasteiger partial charge on any atom is -0.392 e. The summed E-state index contributed by atoms with van der Waals surface area (Å²) in [6.07, 6.45) is 6.49. The Morgan fingerprint density at radius 1 is 1.26 bits per heavy atom.